The molecule has 1 unspecified atom stereocenters. The summed E-state index contributed by atoms with van der Waals surface area (Å²) in [6.07, 6.45) is 2.14. The van der Waals surface area contributed by atoms with Gasteiger partial charge in [-0.3, -0.25) is 4.79 Å². The van der Waals surface area contributed by atoms with E-state index in [2.05, 4.69) is 5.32 Å². The molecule has 12 heavy (non-hydrogen) atoms. The molecule has 0 aliphatic carbocycles. The molecule has 0 aliphatic heterocycles. The van der Waals surface area contributed by atoms with Crippen molar-refractivity contribution in [2.75, 3.05) is 0 Å². The van der Waals surface area contributed by atoms with Gasteiger partial charge in [-0.15, -0.1) is 0 Å². The number of thiocarbonyl (C=S) groups is 1. The van der Waals surface area contributed by atoms with Gasteiger partial charge >= 0.3 is 0 Å². The predicted molar refractivity (Wildman–Crippen MR) is 53.9 cm³/mol. The Morgan fingerprint density at radius 2 is 2.17 bits per heavy atom. The Kier molecular flexibility index (Phi) is 5.62. The Bertz CT molecular complexity index is 170. The number of amides is 1. The fourth-order valence-electron chi connectivity index (χ4n) is 0.868. The largest absolute Gasteiger partial charge is 0.392 e. The third-order valence-electron chi connectivity index (χ3n) is 1.56. The highest BCUT2D eigenvalue weighted by Gasteiger charge is 2.11. The first kappa shape index (κ1) is 11.4. The van der Waals surface area contributed by atoms with E-state index in [0.717, 1.165) is 12.8 Å². The lowest BCUT2D eigenvalue weighted by atomic mass is 10.2. The molecule has 0 aliphatic rings. The molecular formula is C8H16N2OS. The zero-order valence-electron chi connectivity index (χ0n) is 7.59. The summed E-state index contributed by atoms with van der Waals surface area (Å²) in [7, 11) is 0. The van der Waals surface area contributed by atoms with Gasteiger partial charge in [-0.25, -0.2) is 0 Å². The molecule has 0 saturated carbocycles. The molecule has 0 bridgehead atoms. The lowest BCUT2D eigenvalue weighted by molar-refractivity contribution is -0.121. The second kappa shape index (κ2) is 5.94. The summed E-state index contributed by atoms with van der Waals surface area (Å²) < 4.78 is 0. The first-order valence-corrected chi connectivity index (χ1v) is 4.61. The molecule has 0 aromatic carbocycles. The second-order valence-corrected chi connectivity index (χ2v) is 3.15. The van der Waals surface area contributed by atoms with Crippen molar-refractivity contribution in [2.45, 2.75) is 39.2 Å². The van der Waals surface area contributed by atoms with Gasteiger partial charge in [0.1, 0.15) is 0 Å². The molecule has 4 heteroatoms. The van der Waals surface area contributed by atoms with E-state index in [9.17, 15) is 4.79 Å². The fourth-order valence-corrected chi connectivity index (χ4v) is 1.09. The molecule has 1 atom stereocenters. The zero-order valence-corrected chi connectivity index (χ0v) is 8.41. The maximum atomic E-state index is 11.1. The summed E-state index contributed by atoms with van der Waals surface area (Å²) in [5.41, 5.74) is 5.41. The molecule has 0 saturated heterocycles. The Morgan fingerprint density at radius 3 is 2.50 bits per heavy atom. The first-order chi connectivity index (χ1) is 5.61. The van der Waals surface area contributed by atoms with Crippen LogP contribution in [-0.2, 0) is 4.79 Å². The van der Waals surface area contributed by atoms with Crippen LogP contribution in [0.25, 0.3) is 0 Å². The van der Waals surface area contributed by atoms with E-state index in [0.29, 0.717) is 11.4 Å². The van der Waals surface area contributed by atoms with Gasteiger partial charge in [0.2, 0.25) is 5.91 Å². The van der Waals surface area contributed by atoms with Crippen molar-refractivity contribution in [1.82, 2.24) is 5.32 Å². The van der Waals surface area contributed by atoms with Crippen LogP contribution in [-0.4, -0.2) is 16.9 Å². The third-order valence-corrected chi connectivity index (χ3v) is 1.85. The average molecular weight is 188 g/mol. The Balaban J connectivity index is 3.85. The first-order valence-electron chi connectivity index (χ1n) is 4.20. The van der Waals surface area contributed by atoms with Crippen molar-refractivity contribution in [2.24, 2.45) is 5.73 Å². The molecule has 1 amide bonds. The summed E-state index contributed by atoms with van der Waals surface area (Å²) in [5, 5.41) is 2.76. The standard InChI is InChI=1S/C8H16N2OS/c1-3-5-7(11)10-6(4-2)8(9)12/h6H,3-5H2,1-2H3,(H2,9,12)(H,10,11). The average Bonchev–Trinajstić information content (AvgIpc) is 2.00. The molecule has 3 N–H and O–H groups in total. The lowest BCUT2D eigenvalue weighted by Crippen LogP contribution is -2.42. The minimum Gasteiger partial charge on any atom is -0.392 e. The minimum atomic E-state index is -0.140. The van der Waals surface area contributed by atoms with Crippen LogP contribution in [0.15, 0.2) is 0 Å². The Morgan fingerprint density at radius 1 is 1.58 bits per heavy atom. The Hall–Kier alpha value is -0.640. The van der Waals surface area contributed by atoms with Crippen LogP contribution in [0.5, 0.6) is 0 Å². The van der Waals surface area contributed by atoms with Gasteiger partial charge in [-0.1, -0.05) is 26.1 Å². The van der Waals surface area contributed by atoms with Gasteiger partial charge in [-0.2, -0.15) is 0 Å². The molecule has 3 nitrogen and oxygen atoms in total. The van der Waals surface area contributed by atoms with Gasteiger partial charge in [0.15, 0.2) is 0 Å². The van der Waals surface area contributed by atoms with E-state index >= 15 is 0 Å². The second-order valence-electron chi connectivity index (χ2n) is 2.68. The van der Waals surface area contributed by atoms with E-state index < -0.39 is 0 Å². The van der Waals surface area contributed by atoms with Crippen LogP contribution in [0.1, 0.15) is 33.1 Å². The highest BCUT2D eigenvalue weighted by Crippen LogP contribution is 1.94. The SMILES string of the molecule is CCCC(=O)NC(CC)C(N)=S. The molecule has 70 valence electrons. The smallest absolute Gasteiger partial charge is 0.220 e. The highest BCUT2D eigenvalue weighted by atomic mass is 32.1. The van der Waals surface area contributed by atoms with Gasteiger partial charge in [0.05, 0.1) is 11.0 Å². The highest BCUT2D eigenvalue weighted by molar-refractivity contribution is 7.80. The molecule has 0 heterocycles. The number of rotatable bonds is 5. The van der Waals surface area contributed by atoms with Gasteiger partial charge in [0, 0.05) is 6.42 Å². The van der Waals surface area contributed by atoms with Crippen molar-refractivity contribution in [3.63, 3.8) is 0 Å². The summed E-state index contributed by atoms with van der Waals surface area (Å²) in [6.45, 7) is 3.90. The number of carbonyl (C=O) groups excluding carboxylic acids is 1. The number of carbonyl (C=O) groups is 1. The van der Waals surface area contributed by atoms with Crippen LogP contribution in [0.3, 0.4) is 0 Å². The van der Waals surface area contributed by atoms with E-state index in [1.165, 1.54) is 0 Å². The van der Waals surface area contributed by atoms with Gasteiger partial charge in [-0.05, 0) is 12.8 Å². The number of nitrogens with two attached hydrogens (primary N) is 1. The van der Waals surface area contributed by atoms with Crippen molar-refractivity contribution < 1.29 is 4.79 Å². The van der Waals surface area contributed by atoms with Crippen LogP contribution in [0.2, 0.25) is 0 Å². The van der Waals surface area contributed by atoms with Crippen LogP contribution >= 0.6 is 12.2 Å². The van der Waals surface area contributed by atoms with Crippen molar-refractivity contribution >= 4 is 23.1 Å². The van der Waals surface area contributed by atoms with Crippen LogP contribution in [0, 0.1) is 0 Å². The Labute approximate surface area is 78.7 Å². The molecule has 0 radical (unpaired) electrons. The number of nitrogens with one attached hydrogen (secondary N) is 1. The maximum absolute atomic E-state index is 11.1. The topological polar surface area (TPSA) is 55.1 Å². The molecule has 0 fully saturated rings. The number of hydrogen-bond acceptors (Lipinski definition) is 2. The normalized spacial score (nSPS) is 12.2. The molecule has 0 aromatic rings. The van der Waals surface area contributed by atoms with Crippen LogP contribution in [0.4, 0.5) is 0 Å². The van der Waals surface area contributed by atoms with E-state index in [4.69, 9.17) is 18.0 Å². The summed E-state index contributed by atoms with van der Waals surface area (Å²) in [4.78, 5) is 11.5. The molecular weight excluding hydrogens is 172 g/mol. The summed E-state index contributed by atoms with van der Waals surface area (Å²) in [6, 6.07) is -0.140. The summed E-state index contributed by atoms with van der Waals surface area (Å²) in [5.74, 6) is 0.0251. The third kappa shape index (κ3) is 4.28. The van der Waals surface area contributed by atoms with Crippen molar-refractivity contribution in [3.8, 4) is 0 Å². The minimum absolute atomic E-state index is 0.0251. The van der Waals surface area contributed by atoms with Gasteiger partial charge < -0.3 is 11.1 Å². The fraction of sp³-hybridized carbons (Fsp3) is 0.750. The van der Waals surface area contributed by atoms with Crippen LogP contribution < -0.4 is 11.1 Å². The predicted octanol–water partition coefficient (Wildman–Crippen LogP) is 0.967. The van der Waals surface area contributed by atoms with Gasteiger partial charge in [0.25, 0.3) is 0 Å². The maximum Gasteiger partial charge on any atom is 0.220 e. The molecule has 0 spiro atoms. The van der Waals surface area contributed by atoms with E-state index in [1.54, 1.807) is 0 Å². The molecule has 0 aromatic heterocycles. The molecule has 0 rings (SSSR count). The quantitative estimate of drug-likeness (QED) is 0.632. The van der Waals surface area contributed by atoms with E-state index in [1.807, 2.05) is 13.8 Å². The van der Waals surface area contributed by atoms with Crippen molar-refractivity contribution in [3.05, 3.63) is 0 Å². The zero-order chi connectivity index (χ0) is 9.56. The number of hydrogen-bond donors (Lipinski definition) is 2. The van der Waals surface area contributed by atoms with E-state index in [-0.39, 0.29) is 11.9 Å². The summed E-state index contributed by atoms with van der Waals surface area (Å²) >= 11 is 4.78. The van der Waals surface area contributed by atoms with Crippen molar-refractivity contribution in [1.29, 1.82) is 0 Å². The lowest BCUT2D eigenvalue weighted by Gasteiger charge is -2.14. The monoisotopic (exact) mass is 188 g/mol.